The Labute approximate surface area is 278 Å². The molecule has 1 saturated heterocycles. The summed E-state index contributed by atoms with van der Waals surface area (Å²) < 4.78 is 10.2. The molecule has 2 heterocycles. The predicted octanol–water partition coefficient (Wildman–Crippen LogP) is 0.479. The number of ether oxygens (including phenoxy) is 2. The number of nitrogens with one attached hydrogen (secondary N) is 4. The Bertz CT molecular complexity index is 1580. The van der Waals surface area contributed by atoms with E-state index in [2.05, 4.69) is 21.3 Å². The summed E-state index contributed by atoms with van der Waals surface area (Å²) in [5.41, 5.74) is 1.27. The van der Waals surface area contributed by atoms with E-state index < -0.39 is 84.7 Å². The van der Waals surface area contributed by atoms with Gasteiger partial charge in [0.25, 0.3) is 5.91 Å². The highest BCUT2D eigenvalue weighted by Crippen LogP contribution is 2.27. The zero-order valence-electron chi connectivity index (χ0n) is 27.4. The van der Waals surface area contributed by atoms with Gasteiger partial charge in [-0.15, -0.1) is 0 Å². The van der Waals surface area contributed by atoms with E-state index in [-0.39, 0.29) is 18.5 Å². The summed E-state index contributed by atoms with van der Waals surface area (Å²) in [4.78, 5) is 92.4. The van der Waals surface area contributed by atoms with Crippen LogP contribution in [0.1, 0.15) is 49.5 Å². The first-order valence-corrected chi connectivity index (χ1v) is 15.7. The molecule has 0 saturated carbocycles. The van der Waals surface area contributed by atoms with E-state index in [1.165, 1.54) is 4.90 Å². The molecule has 4 N–H and O–H groups in total. The summed E-state index contributed by atoms with van der Waals surface area (Å²) >= 11 is 0. The normalized spacial score (nSPS) is 22.1. The van der Waals surface area contributed by atoms with Gasteiger partial charge in [-0.2, -0.15) is 0 Å². The van der Waals surface area contributed by atoms with Gasteiger partial charge in [0.2, 0.25) is 23.6 Å². The number of rotatable bonds is 1. The first-order valence-electron chi connectivity index (χ1n) is 15.7. The topological polar surface area (TPSA) is 189 Å². The first kappa shape index (κ1) is 35.6. The van der Waals surface area contributed by atoms with E-state index >= 15 is 0 Å². The molecule has 2 bridgehead atoms. The number of hydrogen-bond donors (Lipinski definition) is 4. The van der Waals surface area contributed by atoms with Gasteiger partial charge >= 0.3 is 11.9 Å². The zero-order chi connectivity index (χ0) is 35.0. The Balaban J connectivity index is 1.65. The molecular weight excluding hydrogens is 622 g/mol. The molecule has 14 heteroatoms. The summed E-state index contributed by atoms with van der Waals surface area (Å²) in [7, 11) is 1.13. The van der Waals surface area contributed by atoms with Gasteiger partial charge in [-0.1, -0.05) is 63.2 Å². The van der Waals surface area contributed by atoms with Crippen molar-refractivity contribution in [1.82, 2.24) is 26.2 Å². The average molecular weight is 664 g/mol. The summed E-state index contributed by atoms with van der Waals surface area (Å²) in [5.74, 6) is -4.46. The van der Waals surface area contributed by atoms with Gasteiger partial charge in [0.05, 0.1) is 26.6 Å². The van der Waals surface area contributed by atoms with E-state index in [0.29, 0.717) is 29.5 Å². The molecule has 2 aliphatic rings. The number of fused-ring (bicyclic) bond motifs is 5. The maximum atomic E-state index is 13.6. The third kappa shape index (κ3) is 8.96. The van der Waals surface area contributed by atoms with Crippen LogP contribution in [0.2, 0.25) is 0 Å². The highest BCUT2D eigenvalue weighted by molar-refractivity contribution is 6.03. The third-order valence-corrected chi connectivity index (χ3v) is 8.11. The van der Waals surface area contributed by atoms with Crippen molar-refractivity contribution in [3.8, 4) is 11.1 Å². The number of cyclic esters (lactones) is 1. The zero-order valence-corrected chi connectivity index (χ0v) is 27.4. The monoisotopic (exact) mass is 663 g/mol. The van der Waals surface area contributed by atoms with E-state index in [1.807, 2.05) is 0 Å². The van der Waals surface area contributed by atoms with E-state index in [0.717, 1.165) is 7.11 Å². The minimum absolute atomic E-state index is 0.174. The molecule has 0 spiro atoms. The molecule has 2 aliphatic heterocycles. The van der Waals surface area contributed by atoms with Crippen LogP contribution < -0.4 is 21.3 Å². The number of methoxy groups -OCH3 is 1. The van der Waals surface area contributed by atoms with Gasteiger partial charge in [0.1, 0.15) is 18.7 Å². The molecule has 256 valence electrons. The molecule has 5 amide bonds. The molecule has 4 rings (SSSR count). The fourth-order valence-corrected chi connectivity index (χ4v) is 5.58. The van der Waals surface area contributed by atoms with Crippen molar-refractivity contribution in [1.29, 1.82) is 0 Å². The van der Waals surface area contributed by atoms with Crippen LogP contribution in [0.5, 0.6) is 0 Å². The molecule has 0 aromatic heterocycles. The SMILES string of the molecule is COC(=O)[C@@H]1COC(=O)Cc2cccc(c2)-c2ccccc2C(=O)N[C@@H](C(C)(C)C)C(=O)NCC(=O)NCC(=O)N2CCC[C@H]2C(=O)N1. The van der Waals surface area contributed by atoms with Crippen LogP contribution in [0.4, 0.5) is 0 Å². The maximum Gasteiger partial charge on any atom is 0.331 e. The standard InChI is InChI=1S/C34H41N5O9/c1-34(2,3)29-32(45)36-17-26(40)35-18-27(41)39-14-8-13-25(39)31(44)37-24(33(46)47-4)19-48-28(42)16-20-9-7-10-21(15-20)22-11-5-6-12-23(22)30(43)38-29/h5-7,9-12,15,24-25,29H,8,13-14,16-19H2,1-4H3,(H,35,40)(H,36,45)(H,37,44)(H,38,43)/t24-,25-,29+/m0/s1. The highest BCUT2D eigenvalue weighted by atomic mass is 16.5. The van der Waals surface area contributed by atoms with Crippen LogP contribution in [0.3, 0.4) is 0 Å². The highest BCUT2D eigenvalue weighted by Gasteiger charge is 2.37. The Hall–Kier alpha value is -5.27. The van der Waals surface area contributed by atoms with Crippen molar-refractivity contribution in [3.63, 3.8) is 0 Å². The number of benzene rings is 2. The summed E-state index contributed by atoms with van der Waals surface area (Å²) in [6, 6.07) is 10.4. The van der Waals surface area contributed by atoms with Crippen LogP contribution in [0.15, 0.2) is 48.5 Å². The van der Waals surface area contributed by atoms with E-state index in [4.69, 9.17) is 9.47 Å². The van der Waals surface area contributed by atoms with Crippen molar-refractivity contribution in [2.45, 2.75) is 58.2 Å². The van der Waals surface area contributed by atoms with Crippen molar-refractivity contribution >= 4 is 41.5 Å². The van der Waals surface area contributed by atoms with Gasteiger partial charge in [-0.05, 0) is 41.0 Å². The van der Waals surface area contributed by atoms with Gasteiger partial charge in [-0.25, -0.2) is 4.79 Å². The van der Waals surface area contributed by atoms with E-state index in [9.17, 15) is 33.6 Å². The molecule has 3 atom stereocenters. The van der Waals surface area contributed by atoms with Gasteiger partial charge in [0.15, 0.2) is 6.04 Å². The second-order valence-corrected chi connectivity index (χ2v) is 12.7. The number of amides is 5. The van der Waals surface area contributed by atoms with Gasteiger partial charge in [-0.3, -0.25) is 28.8 Å². The Morgan fingerprint density at radius 2 is 1.62 bits per heavy atom. The largest absolute Gasteiger partial charge is 0.467 e. The lowest BCUT2D eigenvalue weighted by molar-refractivity contribution is -0.152. The van der Waals surface area contributed by atoms with Crippen molar-refractivity contribution in [2.75, 3.05) is 33.4 Å². The minimum Gasteiger partial charge on any atom is -0.467 e. The fraction of sp³-hybridized carbons (Fsp3) is 0.441. The summed E-state index contributed by atoms with van der Waals surface area (Å²) in [5, 5.41) is 10.3. The first-order chi connectivity index (χ1) is 22.8. The smallest absolute Gasteiger partial charge is 0.331 e. The molecular formula is C34H41N5O9. The Morgan fingerprint density at radius 1 is 0.896 bits per heavy atom. The molecule has 1 fully saturated rings. The molecule has 14 nitrogen and oxygen atoms in total. The lowest BCUT2D eigenvalue weighted by atomic mass is 9.85. The number of nitrogens with zero attached hydrogens (tertiary/aromatic N) is 1. The predicted molar refractivity (Wildman–Crippen MR) is 172 cm³/mol. The van der Waals surface area contributed by atoms with Crippen molar-refractivity contribution < 1.29 is 43.0 Å². The Morgan fingerprint density at radius 3 is 2.33 bits per heavy atom. The minimum atomic E-state index is -1.33. The van der Waals surface area contributed by atoms with Crippen LogP contribution in [-0.2, 0) is 44.7 Å². The number of esters is 2. The van der Waals surface area contributed by atoms with Crippen LogP contribution in [0.25, 0.3) is 11.1 Å². The van der Waals surface area contributed by atoms with Gasteiger partial charge in [0, 0.05) is 12.1 Å². The summed E-state index contributed by atoms with van der Waals surface area (Å²) in [6.07, 6.45) is 0.649. The lowest BCUT2D eigenvalue weighted by Crippen LogP contribution is -2.55. The maximum absolute atomic E-state index is 13.6. The number of carbonyl (C=O) groups excluding carboxylic acids is 7. The summed E-state index contributed by atoms with van der Waals surface area (Å²) in [6.45, 7) is 4.17. The van der Waals surface area contributed by atoms with Crippen molar-refractivity contribution in [2.24, 2.45) is 5.41 Å². The quantitative estimate of drug-likeness (QED) is 0.315. The molecule has 2 aromatic rings. The number of hydrogen-bond acceptors (Lipinski definition) is 9. The second-order valence-electron chi connectivity index (χ2n) is 12.7. The fourth-order valence-electron chi connectivity index (χ4n) is 5.58. The van der Waals surface area contributed by atoms with E-state index in [1.54, 1.807) is 69.3 Å². The Kier molecular flexibility index (Phi) is 11.5. The molecule has 2 aromatic carbocycles. The molecule has 0 aliphatic carbocycles. The number of carbonyl (C=O) groups is 7. The van der Waals surface area contributed by atoms with Gasteiger partial charge < -0.3 is 35.6 Å². The lowest BCUT2D eigenvalue weighted by Gasteiger charge is -2.30. The van der Waals surface area contributed by atoms with Crippen molar-refractivity contribution in [3.05, 3.63) is 59.7 Å². The molecule has 0 radical (unpaired) electrons. The average Bonchev–Trinajstić information content (AvgIpc) is 3.56. The molecule has 0 unspecified atom stereocenters. The molecule has 48 heavy (non-hydrogen) atoms. The van der Waals surface area contributed by atoms with Crippen LogP contribution >= 0.6 is 0 Å². The van der Waals surface area contributed by atoms with Crippen LogP contribution in [0, 0.1) is 5.41 Å². The van der Waals surface area contributed by atoms with Crippen LogP contribution in [-0.4, -0.2) is 97.9 Å². The second kappa shape index (κ2) is 15.5. The third-order valence-electron chi connectivity index (χ3n) is 8.11.